The molecular weight excluding hydrogens is 346 g/mol. The summed E-state index contributed by atoms with van der Waals surface area (Å²) in [4.78, 5) is 22.1. The molecule has 6 heteroatoms. The Bertz CT molecular complexity index is 889. The summed E-state index contributed by atoms with van der Waals surface area (Å²) in [6.45, 7) is 2.38. The molecule has 0 unspecified atom stereocenters. The summed E-state index contributed by atoms with van der Waals surface area (Å²) >= 11 is 1.45. The maximum atomic E-state index is 12.2. The van der Waals surface area contributed by atoms with Gasteiger partial charge in [0.2, 0.25) is 0 Å². The van der Waals surface area contributed by atoms with Gasteiger partial charge in [0.15, 0.2) is 5.13 Å². The van der Waals surface area contributed by atoms with E-state index >= 15 is 0 Å². The Hall–Kier alpha value is -2.99. The van der Waals surface area contributed by atoms with Crippen molar-refractivity contribution in [2.45, 2.75) is 13.5 Å². The first-order valence-electron chi connectivity index (χ1n) is 8.11. The van der Waals surface area contributed by atoms with E-state index in [0.29, 0.717) is 11.7 Å². The van der Waals surface area contributed by atoms with E-state index in [1.165, 1.54) is 11.3 Å². The zero-order chi connectivity index (χ0) is 18.4. The molecule has 0 N–H and O–H groups in total. The highest BCUT2D eigenvalue weighted by atomic mass is 32.1. The predicted molar refractivity (Wildman–Crippen MR) is 104 cm³/mol. The Morgan fingerprint density at radius 3 is 2.73 bits per heavy atom. The number of aryl methyl sites for hydroxylation is 1. The first-order valence-corrected chi connectivity index (χ1v) is 8.99. The smallest absolute Gasteiger partial charge is 0.252 e. The van der Waals surface area contributed by atoms with Crippen LogP contribution in [0.25, 0.3) is 6.08 Å². The Morgan fingerprint density at radius 1 is 1.27 bits per heavy atom. The molecule has 0 fully saturated rings. The van der Waals surface area contributed by atoms with Gasteiger partial charge in [-0.2, -0.15) is 0 Å². The number of carbonyl (C=O) groups excluding carboxylic acids is 1. The normalized spacial score (nSPS) is 10.8. The van der Waals surface area contributed by atoms with E-state index in [2.05, 4.69) is 9.97 Å². The summed E-state index contributed by atoms with van der Waals surface area (Å²) in [5, 5.41) is 2.61. The summed E-state index contributed by atoms with van der Waals surface area (Å²) in [6, 6.07) is 11.4. The van der Waals surface area contributed by atoms with Crippen molar-refractivity contribution in [1.82, 2.24) is 9.97 Å². The van der Waals surface area contributed by atoms with Crippen LogP contribution in [0, 0.1) is 6.92 Å². The third-order valence-electron chi connectivity index (χ3n) is 3.65. The van der Waals surface area contributed by atoms with Crippen molar-refractivity contribution < 1.29 is 9.53 Å². The fourth-order valence-electron chi connectivity index (χ4n) is 2.19. The molecule has 3 rings (SSSR count). The number of nitrogens with zero attached hydrogens (tertiary/aromatic N) is 3. The second kappa shape index (κ2) is 8.40. The quantitative estimate of drug-likeness (QED) is 0.617. The fourth-order valence-corrected chi connectivity index (χ4v) is 2.97. The average molecular weight is 365 g/mol. The number of anilines is 1. The second-order valence-electron chi connectivity index (χ2n) is 5.72. The van der Waals surface area contributed by atoms with E-state index in [1.807, 2.05) is 48.7 Å². The minimum Gasteiger partial charge on any atom is -0.489 e. The topological polar surface area (TPSA) is 55.3 Å². The van der Waals surface area contributed by atoms with Crippen LogP contribution in [0.3, 0.4) is 0 Å². The van der Waals surface area contributed by atoms with Crippen LogP contribution in [0.4, 0.5) is 5.13 Å². The van der Waals surface area contributed by atoms with Crippen molar-refractivity contribution in [2.24, 2.45) is 0 Å². The van der Waals surface area contributed by atoms with Crippen molar-refractivity contribution in [3.05, 3.63) is 77.1 Å². The van der Waals surface area contributed by atoms with Crippen LogP contribution in [-0.4, -0.2) is 22.9 Å². The third kappa shape index (κ3) is 4.77. The molecule has 1 aromatic carbocycles. The lowest BCUT2D eigenvalue weighted by Crippen LogP contribution is -2.23. The SMILES string of the molecule is Cc1csc(N(C)C(=O)/C=C/c2ccc(OCc3cccnc3)cc2)n1. The van der Waals surface area contributed by atoms with Crippen molar-refractivity contribution >= 4 is 28.5 Å². The highest BCUT2D eigenvalue weighted by Crippen LogP contribution is 2.19. The Balaban J connectivity index is 1.56. The van der Waals surface area contributed by atoms with Crippen LogP contribution >= 0.6 is 11.3 Å². The molecule has 0 spiro atoms. The predicted octanol–water partition coefficient (Wildman–Crippen LogP) is 4.10. The Morgan fingerprint density at radius 2 is 2.08 bits per heavy atom. The molecule has 2 aromatic heterocycles. The minimum absolute atomic E-state index is 0.115. The standard InChI is InChI=1S/C20H19N3O2S/c1-15-14-26-20(22-15)23(2)19(24)10-7-16-5-8-18(9-6-16)25-13-17-4-3-11-21-12-17/h3-12,14H,13H2,1-2H3/b10-7+. The first kappa shape index (κ1) is 17.8. The lowest BCUT2D eigenvalue weighted by Gasteiger charge is -2.10. The van der Waals surface area contributed by atoms with Gasteiger partial charge in [0.25, 0.3) is 5.91 Å². The summed E-state index contributed by atoms with van der Waals surface area (Å²) < 4.78 is 5.72. The summed E-state index contributed by atoms with van der Waals surface area (Å²) in [5.74, 6) is 0.656. The highest BCUT2D eigenvalue weighted by Gasteiger charge is 2.10. The van der Waals surface area contributed by atoms with Gasteiger partial charge in [-0.1, -0.05) is 18.2 Å². The average Bonchev–Trinajstić information content (AvgIpc) is 3.12. The summed E-state index contributed by atoms with van der Waals surface area (Å²) in [6.07, 6.45) is 6.84. The number of benzene rings is 1. The lowest BCUT2D eigenvalue weighted by atomic mass is 10.2. The van der Waals surface area contributed by atoms with Gasteiger partial charge in [0.1, 0.15) is 12.4 Å². The van der Waals surface area contributed by atoms with Crippen molar-refractivity contribution in [3.63, 3.8) is 0 Å². The third-order valence-corrected chi connectivity index (χ3v) is 4.69. The number of aromatic nitrogens is 2. The maximum absolute atomic E-state index is 12.2. The molecule has 132 valence electrons. The van der Waals surface area contributed by atoms with Crippen molar-refractivity contribution in [3.8, 4) is 5.75 Å². The van der Waals surface area contributed by atoms with Gasteiger partial charge in [-0.15, -0.1) is 11.3 Å². The number of likely N-dealkylation sites (N-methyl/N-ethyl adjacent to an activating group) is 1. The molecule has 0 aliphatic heterocycles. The molecule has 0 atom stereocenters. The van der Waals surface area contributed by atoms with E-state index in [0.717, 1.165) is 22.6 Å². The zero-order valence-electron chi connectivity index (χ0n) is 14.6. The van der Waals surface area contributed by atoms with Gasteiger partial charge in [0, 0.05) is 36.5 Å². The van der Waals surface area contributed by atoms with Crippen molar-refractivity contribution in [1.29, 1.82) is 0 Å². The Labute approximate surface area is 156 Å². The number of pyridine rings is 1. The number of hydrogen-bond donors (Lipinski definition) is 0. The molecule has 0 radical (unpaired) electrons. The molecule has 3 aromatic rings. The van der Waals surface area contributed by atoms with Gasteiger partial charge in [-0.25, -0.2) is 4.98 Å². The molecular formula is C20H19N3O2S. The fraction of sp³-hybridized carbons (Fsp3) is 0.150. The van der Waals surface area contributed by atoms with E-state index < -0.39 is 0 Å². The second-order valence-corrected chi connectivity index (χ2v) is 6.56. The van der Waals surface area contributed by atoms with E-state index in [4.69, 9.17) is 4.74 Å². The van der Waals surface area contributed by atoms with Gasteiger partial charge >= 0.3 is 0 Å². The number of amides is 1. The van der Waals surface area contributed by atoms with Crippen LogP contribution < -0.4 is 9.64 Å². The molecule has 5 nitrogen and oxygen atoms in total. The highest BCUT2D eigenvalue weighted by molar-refractivity contribution is 7.14. The molecule has 0 aliphatic rings. The molecule has 26 heavy (non-hydrogen) atoms. The monoisotopic (exact) mass is 365 g/mol. The number of carbonyl (C=O) groups is 1. The summed E-state index contributed by atoms with van der Waals surface area (Å²) in [7, 11) is 1.72. The Kier molecular flexibility index (Phi) is 5.76. The lowest BCUT2D eigenvalue weighted by molar-refractivity contribution is -0.113. The van der Waals surface area contributed by atoms with Crippen LogP contribution in [0.2, 0.25) is 0 Å². The number of thiazole rings is 1. The molecule has 1 amide bonds. The van der Waals surface area contributed by atoms with Gasteiger partial charge < -0.3 is 4.74 Å². The van der Waals surface area contributed by atoms with E-state index in [-0.39, 0.29) is 5.91 Å². The number of rotatable bonds is 6. The zero-order valence-corrected chi connectivity index (χ0v) is 15.4. The van der Waals surface area contributed by atoms with Crippen LogP contribution in [0.5, 0.6) is 5.75 Å². The first-order chi connectivity index (χ1) is 12.6. The minimum atomic E-state index is -0.115. The van der Waals surface area contributed by atoms with Crippen LogP contribution in [0.1, 0.15) is 16.8 Å². The molecule has 2 heterocycles. The molecule has 0 aliphatic carbocycles. The largest absolute Gasteiger partial charge is 0.489 e. The molecule has 0 saturated carbocycles. The van der Waals surface area contributed by atoms with Gasteiger partial charge in [-0.3, -0.25) is 14.7 Å². The number of ether oxygens (including phenoxy) is 1. The van der Waals surface area contributed by atoms with E-state index in [9.17, 15) is 4.79 Å². The van der Waals surface area contributed by atoms with Crippen molar-refractivity contribution in [2.75, 3.05) is 11.9 Å². The summed E-state index contributed by atoms with van der Waals surface area (Å²) in [5.41, 5.74) is 2.86. The van der Waals surface area contributed by atoms with E-state index in [1.54, 1.807) is 36.5 Å². The molecule has 0 saturated heterocycles. The maximum Gasteiger partial charge on any atom is 0.252 e. The number of hydrogen-bond acceptors (Lipinski definition) is 5. The molecule has 0 bridgehead atoms. The van der Waals surface area contributed by atoms with Crippen LogP contribution in [0.15, 0.2) is 60.2 Å². The van der Waals surface area contributed by atoms with Crippen LogP contribution in [-0.2, 0) is 11.4 Å². The van der Waals surface area contributed by atoms with Gasteiger partial charge in [-0.05, 0) is 36.8 Å². The van der Waals surface area contributed by atoms with Gasteiger partial charge in [0.05, 0.1) is 5.69 Å².